The van der Waals surface area contributed by atoms with Crippen LogP contribution in [0.1, 0.15) is 58.8 Å². The molecule has 1 aliphatic heterocycles. The van der Waals surface area contributed by atoms with Gasteiger partial charge in [-0.25, -0.2) is 4.79 Å². The summed E-state index contributed by atoms with van der Waals surface area (Å²) >= 11 is 0. The molecular formula is C17H33N3O2S. The Bertz CT molecular complexity index is 405. The Morgan fingerprint density at radius 1 is 1.17 bits per heavy atom. The molecular weight excluding hydrogens is 310 g/mol. The Morgan fingerprint density at radius 3 is 2.74 bits per heavy atom. The Morgan fingerprint density at radius 2 is 2.00 bits per heavy atom. The maximum atomic E-state index is 12.2. The van der Waals surface area contributed by atoms with Crippen LogP contribution >= 0.6 is 0 Å². The van der Waals surface area contributed by atoms with Gasteiger partial charge in [0.15, 0.2) is 0 Å². The van der Waals surface area contributed by atoms with Crippen LogP contribution in [0, 0.1) is 0 Å². The van der Waals surface area contributed by atoms with Crippen molar-refractivity contribution in [1.29, 1.82) is 0 Å². The molecule has 1 aliphatic carbocycles. The minimum Gasteiger partial charge on any atom is -0.337 e. The van der Waals surface area contributed by atoms with Gasteiger partial charge in [-0.1, -0.05) is 26.7 Å². The van der Waals surface area contributed by atoms with E-state index >= 15 is 0 Å². The highest BCUT2D eigenvalue weighted by molar-refractivity contribution is 7.85. The van der Waals surface area contributed by atoms with Gasteiger partial charge in [0.05, 0.1) is 0 Å². The predicted molar refractivity (Wildman–Crippen MR) is 96.1 cm³/mol. The summed E-state index contributed by atoms with van der Waals surface area (Å²) < 4.78 is 12.0. The molecule has 2 N–H and O–H groups in total. The number of hydrogen-bond acceptors (Lipinski definition) is 3. The van der Waals surface area contributed by atoms with Crippen LogP contribution in [0.3, 0.4) is 0 Å². The standard InChI is InChI=1S/C17H33N3O2S/c1-3-20-11-6-5-9-15(20)13-18-17(21)19-14-8-7-10-16(12-14)23(22)4-2/h14-16H,3-13H2,1-2H3,(H2,18,19,21)/t14-,15-,16-,23-/m1/s1. The number of likely N-dealkylation sites (tertiary alicyclic amines) is 1. The van der Waals surface area contributed by atoms with Crippen molar-refractivity contribution in [2.45, 2.75) is 76.1 Å². The molecule has 0 bridgehead atoms. The minimum absolute atomic E-state index is 0.0560. The maximum Gasteiger partial charge on any atom is 0.315 e. The molecule has 0 unspecified atom stereocenters. The molecule has 2 aliphatic rings. The number of rotatable bonds is 6. The van der Waals surface area contributed by atoms with E-state index in [1.807, 2.05) is 6.92 Å². The van der Waals surface area contributed by atoms with Crippen molar-refractivity contribution in [3.05, 3.63) is 0 Å². The molecule has 2 rings (SSSR count). The highest BCUT2D eigenvalue weighted by Crippen LogP contribution is 2.23. The van der Waals surface area contributed by atoms with Crippen LogP contribution in [0.15, 0.2) is 0 Å². The van der Waals surface area contributed by atoms with Crippen LogP contribution in [0.2, 0.25) is 0 Å². The average molecular weight is 344 g/mol. The number of likely N-dealkylation sites (N-methyl/N-ethyl adjacent to an activating group) is 1. The fourth-order valence-electron chi connectivity index (χ4n) is 3.90. The van der Waals surface area contributed by atoms with Gasteiger partial charge in [-0.05, 0) is 45.2 Å². The molecule has 0 radical (unpaired) electrons. The van der Waals surface area contributed by atoms with Crippen molar-refractivity contribution in [2.75, 3.05) is 25.4 Å². The molecule has 23 heavy (non-hydrogen) atoms. The monoisotopic (exact) mass is 343 g/mol. The molecule has 2 fully saturated rings. The molecule has 1 saturated carbocycles. The zero-order valence-corrected chi connectivity index (χ0v) is 15.5. The zero-order chi connectivity index (χ0) is 16.7. The fraction of sp³-hybridized carbons (Fsp3) is 0.941. The normalized spacial score (nSPS) is 30.6. The summed E-state index contributed by atoms with van der Waals surface area (Å²) in [5.41, 5.74) is 0. The lowest BCUT2D eigenvalue weighted by atomic mass is 9.95. The van der Waals surface area contributed by atoms with Gasteiger partial charge in [0.2, 0.25) is 0 Å². The Hall–Kier alpha value is -0.620. The van der Waals surface area contributed by atoms with Crippen LogP contribution < -0.4 is 10.6 Å². The minimum atomic E-state index is -0.741. The van der Waals surface area contributed by atoms with Gasteiger partial charge in [-0.3, -0.25) is 9.11 Å². The number of carbonyl (C=O) groups excluding carboxylic acids is 1. The lowest BCUT2D eigenvalue weighted by Crippen LogP contribution is -2.51. The maximum absolute atomic E-state index is 12.2. The van der Waals surface area contributed by atoms with Crippen LogP contribution in [0.25, 0.3) is 0 Å². The summed E-state index contributed by atoms with van der Waals surface area (Å²) in [4.78, 5) is 14.6. The molecule has 0 spiro atoms. The zero-order valence-electron chi connectivity index (χ0n) is 14.7. The van der Waals surface area contributed by atoms with Crippen molar-refractivity contribution in [2.24, 2.45) is 0 Å². The average Bonchev–Trinajstić information content (AvgIpc) is 2.59. The largest absolute Gasteiger partial charge is 0.337 e. The van der Waals surface area contributed by atoms with Crippen molar-refractivity contribution >= 4 is 16.8 Å². The Kier molecular flexibility index (Phi) is 7.83. The fourth-order valence-corrected chi connectivity index (χ4v) is 5.25. The first-order chi connectivity index (χ1) is 11.1. The van der Waals surface area contributed by atoms with Crippen LogP contribution in [-0.4, -0.2) is 57.9 Å². The van der Waals surface area contributed by atoms with Gasteiger partial charge in [0.25, 0.3) is 0 Å². The van der Waals surface area contributed by atoms with E-state index in [2.05, 4.69) is 22.5 Å². The lowest BCUT2D eigenvalue weighted by molar-refractivity contribution is 0.153. The number of nitrogens with one attached hydrogen (secondary N) is 2. The second kappa shape index (κ2) is 9.62. The topological polar surface area (TPSA) is 61.4 Å². The van der Waals surface area contributed by atoms with E-state index < -0.39 is 10.8 Å². The van der Waals surface area contributed by atoms with Gasteiger partial charge < -0.3 is 10.6 Å². The first kappa shape index (κ1) is 18.7. The Balaban J connectivity index is 1.72. The molecule has 0 aromatic carbocycles. The third kappa shape index (κ3) is 5.75. The SMILES string of the molecule is CCN1CCCC[C@@H]1CNC(=O)N[C@@H]1CCC[C@@H]([S@](=O)CC)C1. The smallest absolute Gasteiger partial charge is 0.315 e. The lowest BCUT2D eigenvalue weighted by Gasteiger charge is -2.35. The Labute approximate surface area is 143 Å². The molecule has 0 aromatic heterocycles. The van der Waals surface area contributed by atoms with E-state index in [0.717, 1.165) is 51.1 Å². The first-order valence-corrected chi connectivity index (χ1v) is 10.7. The number of amides is 2. The number of piperidine rings is 1. The highest BCUT2D eigenvalue weighted by atomic mass is 32.2. The molecule has 1 heterocycles. The predicted octanol–water partition coefficient (Wildman–Crippen LogP) is 2.24. The van der Waals surface area contributed by atoms with Crippen molar-refractivity contribution in [1.82, 2.24) is 15.5 Å². The van der Waals surface area contributed by atoms with E-state index in [1.165, 1.54) is 19.3 Å². The number of nitrogens with zero attached hydrogens (tertiary/aromatic N) is 1. The van der Waals surface area contributed by atoms with E-state index in [1.54, 1.807) is 0 Å². The van der Waals surface area contributed by atoms with E-state index in [4.69, 9.17) is 0 Å². The van der Waals surface area contributed by atoms with Crippen molar-refractivity contribution in [3.8, 4) is 0 Å². The van der Waals surface area contributed by atoms with Crippen LogP contribution in [0.4, 0.5) is 4.79 Å². The summed E-state index contributed by atoms with van der Waals surface area (Å²) in [7, 11) is -0.741. The quantitative estimate of drug-likeness (QED) is 0.777. The second-order valence-corrected chi connectivity index (χ2v) is 8.79. The summed E-state index contributed by atoms with van der Waals surface area (Å²) in [6.45, 7) is 7.10. The third-order valence-electron chi connectivity index (χ3n) is 5.27. The molecule has 2 amide bonds. The molecule has 4 atom stereocenters. The number of urea groups is 1. The van der Waals surface area contributed by atoms with Gasteiger partial charge in [0, 0.05) is 40.4 Å². The van der Waals surface area contributed by atoms with Gasteiger partial charge in [-0.15, -0.1) is 0 Å². The second-order valence-electron chi connectivity index (χ2n) is 6.79. The number of carbonyl (C=O) groups is 1. The first-order valence-electron chi connectivity index (χ1n) is 9.29. The van der Waals surface area contributed by atoms with E-state index in [0.29, 0.717) is 6.04 Å². The molecule has 134 valence electrons. The van der Waals surface area contributed by atoms with Gasteiger partial charge >= 0.3 is 6.03 Å². The van der Waals surface area contributed by atoms with E-state index in [-0.39, 0.29) is 17.3 Å². The van der Waals surface area contributed by atoms with Crippen molar-refractivity contribution in [3.63, 3.8) is 0 Å². The van der Waals surface area contributed by atoms with Gasteiger partial charge in [0.1, 0.15) is 0 Å². The molecule has 6 heteroatoms. The van der Waals surface area contributed by atoms with Gasteiger partial charge in [-0.2, -0.15) is 0 Å². The third-order valence-corrected chi connectivity index (χ3v) is 7.01. The summed E-state index contributed by atoms with van der Waals surface area (Å²) in [6, 6.07) is 0.601. The van der Waals surface area contributed by atoms with Crippen LogP contribution in [-0.2, 0) is 10.8 Å². The van der Waals surface area contributed by atoms with Crippen LogP contribution in [0.5, 0.6) is 0 Å². The summed E-state index contributed by atoms with van der Waals surface area (Å²) in [6.07, 6.45) is 7.68. The molecule has 5 nitrogen and oxygen atoms in total. The molecule has 0 aromatic rings. The van der Waals surface area contributed by atoms with Crippen molar-refractivity contribution < 1.29 is 9.00 Å². The highest BCUT2D eigenvalue weighted by Gasteiger charge is 2.27. The van der Waals surface area contributed by atoms with E-state index in [9.17, 15) is 9.00 Å². The summed E-state index contributed by atoms with van der Waals surface area (Å²) in [5.74, 6) is 0.720. The number of hydrogen-bond donors (Lipinski definition) is 2. The molecule has 1 saturated heterocycles. The summed E-state index contributed by atoms with van der Waals surface area (Å²) in [5, 5.41) is 6.41.